The molecule has 1 spiro atoms. The molecule has 6 nitrogen and oxygen atoms in total. The van der Waals surface area contributed by atoms with E-state index in [2.05, 4.69) is 21.9 Å². The van der Waals surface area contributed by atoms with Gasteiger partial charge in [0.25, 0.3) is 0 Å². The highest BCUT2D eigenvalue weighted by Crippen LogP contribution is 2.54. The van der Waals surface area contributed by atoms with E-state index in [0.717, 1.165) is 58.8 Å². The first-order chi connectivity index (χ1) is 14.2. The van der Waals surface area contributed by atoms with Gasteiger partial charge in [0.1, 0.15) is 10.9 Å². The molecule has 0 radical (unpaired) electrons. The number of imidazole rings is 1. The smallest absolute Gasteiger partial charge is 0.131 e. The van der Waals surface area contributed by atoms with E-state index >= 15 is 0 Å². The number of fused-ring (bicyclic) bond motifs is 2. The summed E-state index contributed by atoms with van der Waals surface area (Å²) < 4.78 is 9.90. The zero-order chi connectivity index (χ0) is 19.6. The van der Waals surface area contributed by atoms with Crippen LogP contribution in [0.4, 0.5) is 0 Å². The van der Waals surface area contributed by atoms with Gasteiger partial charge < -0.3 is 9.30 Å². The lowest BCUT2D eigenvalue weighted by Crippen LogP contribution is -2.52. The summed E-state index contributed by atoms with van der Waals surface area (Å²) in [6, 6.07) is 8.46. The van der Waals surface area contributed by atoms with Gasteiger partial charge in [0.2, 0.25) is 0 Å². The highest BCUT2D eigenvalue weighted by Gasteiger charge is 2.51. The Labute approximate surface area is 177 Å². The monoisotopic (exact) mass is 425 g/mol. The van der Waals surface area contributed by atoms with Crippen molar-refractivity contribution in [3.8, 4) is 0 Å². The Hall–Kier alpha value is -2.09. The molecular weight excluding hydrogens is 406 g/mol. The van der Waals surface area contributed by atoms with Crippen LogP contribution in [0.2, 0.25) is 5.02 Å². The summed E-state index contributed by atoms with van der Waals surface area (Å²) in [5, 5.41) is 7.69. The lowest BCUT2D eigenvalue weighted by Gasteiger charge is -2.53. The number of hydrogen-bond acceptors (Lipinski definition) is 5. The molecule has 1 saturated carbocycles. The van der Waals surface area contributed by atoms with Crippen molar-refractivity contribution >= 4 is 45.3 Å². The zero-order valence-electron chi connectivity index (χ0n) is 16.0. The number of nitrogens with zero attached hydrogens (tertiary/aromatic N) is 5. The maximum atomic E-state index is 6.25. The number of rotatable bonds is 4. The Morgan fingerprint density at radius 2 is 2.10 bits per heavy atom. The number of ether oxygens (including phenoxy) is 1. The summed E-state index contributed by atoms with van der Waals surface area (Å²) in [6.07, 6.45) is 8.05. The maximum absolute atomic E-state index is 6.25. The predicted octanol–water partition coefficient (Wildman–Crippen LogP) is 4.56. The van der Waals surface area contributed by atoms with Gasteiger partial charge in [-0.2, -0.15) is 5.10 Å². The molecule has 4 aromatic rings. The Morgan fingerprint density at radius 1 is 1.24 bits per heavy atom. The first-order valence-electron chi connectivity index (χ1n) is 9.74. The molecule has 1 aliphatic carbocycles. The Morgan fingerprint density at radius 3 is 2.86 bits per heavy atom. The fraction of sp³-hybridized carbons (Fsp3) is 0.381. The molecule has 0 N–H and O–H groups in total. The topological polar surface area (TPSA) is 57.8 Å². The van der Waals surface area contributed by atoms with Crippen molar-refractivity contribution in [3.05, 3.63) is 47.5 Å². The van der Waals surface area contributed by atoms with Gasteiger partial charge in [-0.3, -0.25) is 9.67 Å². The van der Waals surface area contributed by atoms with Crippen LogP contribution in [0.15, 0.2) is 41.7 Å². The SMILES string of the molecule is CSc1nn(Cc2nc3cc(Cl)ccc3n2C2CC3(COC3)C2)c2cnccc12. The first kappa shape index (κ1) is 17.7. The molecule has 0 amide bonds. The van der Waals surface area contributed by atoms with E-state index < -0.39 is 0 Å². The summed E-state index contributed by atoms with van der Waals surface area (Å²) in [6.45, 7) is 2.39. The minimum absolute atomic E-state index is 0.388. The van der Waals surface area contributed by atoms with Gasteiger partial charge in [-0.1, -0.05) is 11.6 Å². The van der Waals surface area contributed by atoms with Crippen LogP contribution in [0.5, 0.6) is 0 Å². The van der Waals surface area contributed by atoms with Crippen LogP contribution in [-0.2, 0) is 11.3 Å². The minimum Gasteiger partial charge on any atom is -0.380 e. The Bertz CT molecular complexity index is 1240. The van der Waals surface area contributed by atoms with Gasteiger partial charge in [-0.25, -0.2) is 4.98 Å². The molecule has 8 heteroatoms. The average molecular weight is 426 g/mol. The van der Waals surface area contributed by atoms with Crippen LogP contribution < -0.4 is 0 Å². The van der Waals surface area contributed by atoms with Crippen molar-refractivity contribution in [1.82, 2.24) is 24.3 Å². The molecule has 148 valence electrons. The molecule has 4 heterocycles. The third kappa shape index (κ3) is 2.71. The lowest BCUT2D eigenvalue weighted by atomic mass is 9.64. The van der Waals surface area contributed by atoms with Crippen LogP contribution in [0, 0.1) is 5.41 Å². The van der Waals surface area contributed by atoms with Gasteiger partial charge in [-0.15, -0.1) is 11.8 Å². The Balaban J connectivity index is 1.45. The van der Waals surface area contributed by atoms with E-state index in [0.29, 0.717) is 23.0 Å². The number of hydrogen-bond donors (Lipinski definition) is 0. The molecule has 2 fully saturated rings. The number of aromatic nitrogens is 5. The molecule has 0 bridgehead atoms. The number of halogens is 1. The van der Waals surface area contributed by atoms with E-state index in [-0.39, 0.29) is 0 Å². The van der Waals surface area contributed by atoms with Gasteiger partial charge in [0.05, 0.1) is 42.5 Å². The van der Waals surface area contributed by atoms with E-state index in [4.69, 9.17) is 26.4 Å². The third-order valence-electron chi connectivity index (χ3n) is 6.25. The van der Waals surface area contributed by atoms with Crippen LogP contribution in [-0.4, -0.2) is 43.8 Å². The normalized spacial score (nSPS) is 18.4. The fourth-order valence-electron chi connectivity index (χ4n) is 4.78. The van der Waals surface area contributed by atoms with Gasteiger partial charge >= 0.3 is 0 Å². The van der Waals surface area contributed by atoms with Crippen molar-refractivity contribution in [2.24, 2.45) is 5.41 Å². The van der Waals surface area contributed by atoms with Crippen LogP contribution in [0.25, 0.3) is 21.9 Å². The lowest BCUT2D eigenvalue weighted by molar-refractivity contribution is -0.174. The zero-order valence-corrected chi connectivity index (χ0v) is 17.6. The third-order valence-corrected chi connectivity index (χ3v) is 7.17. The van der Waals surface area contributed by atoms with Crippen LogP contribution in [0.1, 0.15) is 24.7 Å². The fourth-order valence-corrected chi connectivity index (χ4v) is 5.52. The predicted molar refractivity (Wildman–Crippen MR) is 115 cm³/mol. The van der Waals surface area contributed by atoms with E-state index in [9.17, 15) is 0 Å². The molecule has 1 aliphatic heterocycles. The molecule has 3 aromatic heterocycles. The second-order valence-electron chi connectivity index (χ2n) is 8.15. The quantitative estimate of drug-likeness (QED) is 0.449. The van der Waals surface area contributed by atoms with Crippen molar-refractivity contribution in [1.29, 1.82) is 0 Å². The van der Waals surface area contributed by atoms with E-state index in [1.807, 2.05) is 35.3 Å². The van der Waals surface area contributed by atoms with E-state index in [1.54, 1.807) is 11.8 Å². The molecule has 6 rings (SSSR count). The molecule has 1 aromatic carbocycles. The molecule has 29 heavy (non-hydrogen) atoms. The second-order valence-corrected chi connectivity index (χ2v) is 9.38. The highest BCUT2D eigenvalue weighted by atomic mass is 35.5. The van der Waals surface area contributed by atoms with Crippen molar-refractivity contribution in [2.45, 2.75) is 30.5 Å². The van der Waals surface area contributed by atoms with Crippen molar-refractivity contribution in [3.63, 3.8) is 0 Å². The molecular formula is C21H20ClN5OS. The van der Waals surface area contributed by atoms with Gasteiger partial charge in [-0.05, 0) is 43.4 Å². The first-order valence-corrected chi connectivity index (χ1v) is 11.3. The molecule has 2 aliphatic rings. The van der Waals surface area contributed by atoms with E-state index in [1.165, 1.54) is 0 Å². The summed E-state index contributed by atoms with van der Waals surface area (Å²) >= 11 is 7.91. The molecule has 0 unspecified atom stereocenters. The number of thioether (sulfide) groups is 1. The van der Waals surface area contributed by atoms with Gasteiger partial charge in [0, 0.05) is 28.1 Å². The van der Waals surface area contributed by atoms with Crippen molar-refractivity contribution < 1.29 is 4.74 Å². The Kier molecular flexibility index (Phi) is 3.95. The standard InChI is InChI=1S/C21H20ClN5OS/c1-29-20-15-4-5-23-9-18(15)26(25-20)10-19-24-16-6-13(22)2-3-17(16)27(19)14-7-21(8-14)11-28-12-21/h2-6,9,14H,7-8,10-12H2,1H3. The molecule has 1 saturated heterocycles. The summed E-state index contributed by atoms with van der Waals surface area (Å²) in [7, 11) is 0. The van der Waals surface area contributed by atoms with Gasteiger partial charge in [0.15, 0.2) is 0 Å². The van der Waals surface area contributed by atoms with Crippen LogP contribution >= 0.6 is 23.4 Å². The number of benzene rings is 1. The summed E-state index contributed by atoms with van der Waals surface area (Å²) in [4.78, 5) is 9.28. The second kappa shape index (κ2) is 6.45. The molecule has 0 atom stereocenters. The van der Waals surface area contributed by atoms with Crippen molar-refractivity contribution in [2.75, 3.05) is 19.5 Å². The minimum atomic E-state index is 0.388. The largest absolute Gasteiger partial charge is 0.380 e. The average Bonchev–Trinajstić information content (AvgIpc) is 3.18. The highest BCUT2D eigenvalue weighted by molar-refractivity contribution is 7.98. The summed E-state index contributed by atoms with van der Waals surface area (Å²) in [5.74, 6) is 1.02. The summed E-state index contributed by atoms with van der Waals surface area (Å²) in [5.41, 5.74) is 3.51. The maximum Gasteiger partial charge on any atom is 0.131 e. The number of pyridine rings is 1. The van der Waals surface area contributed by atoms with Crippen LogP contribution in [0.3, 0.4) is 0 Å².